The van der Waals surface area contributed by atoms with Crippen LogP contribution < -0.4 is 10.5 Å². The van der Waals surface area contributed by atoms with Crippen LogP contribution in [-0.2, 0) is 14.8 Å². The van der Waals surface area contributed by atoms with Gasteiger partial charge in [-0.2, -0.15) is 0 Å². The second-order valence-corrected chi connectivity index (χ2v) is 5.95. The number of para-hydroxylation sites is 1. The van der Waals surface area contributed by atoms with Gasteiger partial charge in [-0.05, 0) is 12.1 Å². The van der Waals surface area contributed by atoms with Crippen LogP contribution in [0.1, 0.15) is 6.42 Å². The molecule has 7 heteroatoms. The van der Waals surface area contributed by atoms with Gasteiger partial charge in [0.1, 0.15) is 10.5 Å². The number of anilines is 1. The highest BCUT2D eigenvalue weighted by molar-refractivity contribution is 7.89. The van der Waals surface area contributed by atoms with Gasteiger partial charge in [0.15, 0.2) is 0 Å². The molecule has 4 N–H and O–H groups in total. The van der Waals surface area contributed by atoms with E-state index in [1.807, 2.05) is 0 Å². The summed E-state index contributed by atoms with van der Waals surface area (Å²) < 4.78 is 27.9. The molecule has 6 nitrogen and oxygen atoms in total. The Bertz CT molecular complexity index is 524. The second-order valence-electron chi connectivity index (χ2n) is 4.42. The minimum atomic E-state index is -3.77. The molecule has 1 saturated heterocycles. The van der Waals surface area contributed by atoms with Gasteiger partial charge in [0.05, 0.1) is 12.3 Å². The van der Waals surface area contributed by atoms with Gasteiger partial charge in [-0.1, -0.05) is 12.1 Å². The van der Waals surface area contributed by atoms with Gasteiger partial charge in [0, 0.05) is 19.6 Å². The number of hydrogen-bond acceptors (Lipinski definition) is 5. The Kier molecular flexibility index (Phi) is 3.58. The number of primary sulfonamides is 1. The van der Waals surface area contributed by atoms with Crippen molar-refractivity contribution in [2.75, 3.05) is 25.1 Å². The maximum atomic E-state index is 11.4. The Morgan fingerprint density at radius 2 is 2.17 bits per heavy atom. The fourth-order valence-corrected chi connectivity index (χ4v) is 2.57. The van der Waals surface area contributed by atoms with E-state index in [9.17, 15) is 13.5 Å². The standard InChI is InChI=1S/C11H16N2O4S/c12-18(15,16)10-4-2-1-3-9(10)13-7-11(14)5-6-17-8-11/h1-4,13-14H,5-8H2,(H2,12,15,16). The largest absolute Gasteiger partial charge is 0.386 e. The zero-order chi connectivity index (χ0) is 13.2. The molecule has 2 rings (SSSR count). The first-order valence-corrected chi connectivity index (χ1v) is 7.11. The molecule has 1 heterocycles. The van der Waals surface area contributed by atoms with E-state index in [1.54, 1.807) is 18.2 Å². The maximum Gasteiger partial charge on any atom is 0.240 e. The normalized spacial score (nSPS) is 24.1. The zero-order valence-corrected chi connectivity index (χ0v) is 10.6. The van der Waals surface area contributed by atoms with Gasteiger partial charge in [0.25, 0.3) is 0 Å². The highest BCUT2D eigenvalue weighted by Crippen LogP contribution is 2.23. The molecule has 1 aliphatic rings. The van der Waals surface area contributed by atoms with Crippen molar-refractivity contribution in [2.45, 2.75) is 16.9 Å². The lowest BCUT2D eigenvalue weighted by Crippen LogP contribution is -2.37. The molecule has 0 bridgehead atoms. The summed E-state index contributed by atoms with van der Waals surface area (Å²) in [6, 6.07) is 6.33. The fraction of sp³-hybridized carbons (Fsp3) is 0.455. The molecule has 1 aromatic rings. The molecule has 18 heavy (non-hydrogen) atoms. The Labute approximate surface area is 106 Å². The molecule has 100 valence electrons. The monoisotopic (exact) mass is 272 g/mol. The molecule has 0 aliphatic carbocycles. The summed E-state index contributed by atoms with van der Waals surface area (Å²) in [5.41, 5.74) is -0.564. The Morgan fingerprint density at radius 1 is 1.44 bits per heavy atom. The predicted molar refractivity (Wildman–Crippen MR) is 66.7 cm³/mol. The van der Waals surface area contributed by atoms with Gasteiger partial charge in [-0.25, -0.2) is 13.6 Å². The van der Waals surface area contributed by atoms with Crippen molar-refractivity contribution in [2.24, 2.45) is 5.14 Å². The maximum absolute atomic E-state index is 11.4. The van der Waals surface area contributed by atoms with Crippen molar-refractivity contribution in [3.05, 3.63) is 24.3 Å². The summed E-state index contributed by atoms with van der Waals surface area (Å²) in [7, 11) is -3.77. The molecule has 0 amide bonds. The molecule has 1 aliphatic heterocycles. The SMILES string of the molecule is NS(=O)(=O)c1ccccc1NCC1(O)CCOC1. The van der Waals surface area contributed by atoms with Crippen LogP contribution in [0.5, 0.6) is 0 Å². The first-order chi connectivity index (χ1) is 8.41. The summed E-state index contributed by atoms with van der Waals surface area (Å²) in [5.74, 6) is 0. The van der Waals surface area contributed by atoms with E-state index in [0.29, 0.717) is 18.7 Å². The van der Waals surface area contributed by atoms with E-state index in [-0.39, 0.29) is 18.0 Å². The number of nitrogens with two attached hydrogens (primary N) is 1. The van der Waals surface area contributed by atoms with E-state index >= 15 is 0 Å². The van der Waals surface area contributed by atoms with E-state index < -0.39 is 15.6 Å². The minimum absolute atomic E-state index is 0.0208. The van der Waals surface area contributed by atoms with Crippen LogP contribution in [0.25, 0.3) is 0 Å². The lowest BCUT2D eigenvalue weighted by atomic mass is 10.0. The Morgan fingerprint density at radius 3 is 2.78 bits per heavy atom. The molecule has 1 unspecified atom stereocenters. The summed E-state index contributed by atoms with van der Waals surface area (Å²) in [6.45, 7) is 0.978. The molecule has 0 aromatic heterocycles. The highest BCUT2D eigenvalue weighted by atomic mass is 32.2. The van der Waals surface area contributed by atoms with Gasteiger partial charge in [-0.15, -0.1) is 0 Å². The average molecular weight is 272 g/mol. The second kappa shape index (κ2) is 4.85. The Hall–Kier alpha value is -1.15. The number of hydrogen-bond donors (Lipinski definition) is 3. The first-order valence-electron chi connectivity index (χ1n) is 5.57. The van der Waals surface area contributed by atoms with Crippen LogP contribution in [0.4, 0.5) is 5.69 Å². The predicted octanol–water partition coefficient (Wildman–Crippen LogP) is -0.103. The molecular formula is C11H16N2O4S. The van der Waals surface area contributed by atoms with E-state index in [0.717, 1.165) is 0 Å². The minimum Gasteiger partial charge on any atom is -0.386 e. The van der Waals surface area contributed by atoms with Gasteiger partial charge in [-0.3, -0.25) is 0 Å². The van der Waals surface area contributed by atoms with Crippen molar-refractivity contribution in [1.82, 2.24) is 0 Å². The third kappa shape index (κ3) is 2.99. The van der Waals surface area contributed by atoms with Crippen molar-refractivity contribution < 1.29 is 18.3 Å². The van der Waals surface area contributed by atoms with Crippen molar-refractivity contribution in [1.29, 1.82) is 0 Å². The number of benzene rings is 1. The lowest BCUT2D eigenvalue weighted by molar-refractivity contribution is 0.0381. The number of aliphatic hydroxyl groups is 1. The van der Waals surface area contributed by atoms with Crippen LogP contribution in [0, 0.1) is 0 Å². The zero-order valence-electron chi connectivity index (χ0n) is 9.80. The van der Waals surface area contributed by atoms with Gasteiger partial charge >= 0.3 is 0 Å². The quantitative estimate of drug-likeness (QED) is 0.710. The topological polar surface area (TPSA) is 102 Å². The first kappa shape index (κ1) is 13.3. The lowest BCUT2D eigenvalue weighted by Gasteiger charge is -2.22. The molecule has 1 aromatic carbocycles. The molecule has 0 radical (unpaired) electrons. The third-order valence-corrected chi connectivity index (χ3v) is 3.85. The van der Waals surface area contributed by atoms with E-state index in [4.69, 9.17) is 9.88 Å². The van der Waals surface area contributed by atoms with Crippen molar-refractivity contribution >= 4 is 15.7 Å². The molecule has 0 saturated carbocycles. The van der Waals surface area contributed by atoms with Crippen LogP contribution in [0.15, 0.2) is 29.2 Å². The summed E-state index contributed by atoms with van der Waals surface area (Å²) in [6.07, 6.45) is 0.525. The van der Waals surface area contributed by atoms with Crippen LogP contribution in [0.3, 0.4) is 0 Å². The summed E-state index contributed by atoms with van der Waals surface area (Å²) in [4.78, 5) is 0.0208. The molecular weight excluding hydrogens is 256 g/mol. The molecule has 1 fully saturated rings. The van der Waals surface area contributed by atoms with Gasteiger partial charge < -0.3 is 15.2 Å². The van der Waals surface area contributed by atoms with Crippen LogP contribution in [0.2, 0.25) is 0 Å². The number of sulfonamides is 1. The fourth-order valence-electron chi connectivity index (χ4n) is 1.86. The van der Waals surface area contributed by atoms with Gasteiger partial charge in [0.2, 0.25) is 10.0 Å². The number of rotatable bonds is 4. The number of nitrogens with one attached hydrogen (secondary N) is 1. The number of ether oxygens (including phenoxy) is 1. The van der Waals surface area contributed by atoms with Crippen LogP contribution >= 0.6 is 0 Å². The summed E-state index contributed by atoms with van der Waals surface area (Å²) in [5, 5.41) is 18.1. The van der Waals surface area contributed by atoms with E-state index in [1.165, 1.54) is 6.07 Å². The van der Waals surface area contributed by atoms with Crippen molar-refractivity contribution in [3.63, 3.8) is 0 Å². The average Bonchev–Trinajstić information content (AvgIpc) is 2.73. The third-order valence-electron chi connectivity index (χ3n) is 2.88. The molecule has 1 atom stereocenters. The molecule has 0 spiro atoms. The van der Waals surface area contributed by atoms with Crippen molar-refractivity contribution in [3.8, 4) is 0 Å². The summed E-state index contributed by atoms with van der Waals surface area (Å²) >= 11 is 0. The smallest absolute Gasteiger partial charge is 0.240 e. The van der Waals surface area contributed by atoms with Crippen LogP contribution in [-0.4, -0.2) is 38.9 Å². The highest BCUT2D eigenvalue weighted by Gasteiger charge is 2.32. The van der Waals surface area contributed by atoms with E-state index in [2.05, 4.69) is 5.32 Å². The Balaban J connectivity index is 2.15.